The molecule has 2 bridgehead atoms. The fraction of sp³-hybridized carbons (Fsp3) is 0.667. The van der Waals surface area contributed by atoms with Crippen LogP contribution < -0.4 is 10.2 Å². The van der Waals surface area contributed by atoms with Crippen LogP contribution in [0.15, 0.2) is 24.3 Å². The highest BCUT2D eigenvalue weighted by molar-refractivity contribution is 8.02. The van der Waals surface area contributed by atoms with Gasteiger partial charge in [-0.05, 0) is 77.1 Å². The van der Waals surface area contributed by atoms with Gasteiger partial charge in [-0.1, -0.05) is 0 Å². The Bertz CT molecular complexity index is 953. The maximum absolute atomic E-state index is 13.8. The molecule has 8 nitrogen and oxygen atoms in total. The van der Waals surface area contributed by atoms with Crippen LogP contribution >= 0.6 is 11.8 Å². The number of anilines is 2. The monoisotopic (exact) mass is 517 g/mol. The summed E-state index contributed by atoms with van der Waals surface area (Å²) in [7, 11) is 0. The number of ether oxygens (including phenoxy) is 1. The topological polar surface area (TPSA) is 99.2 Å². The van der Waals surface area contributed by atoms with Crippen molar-refractivity contribution >= 4 is 40.9 Å². The number of aliphatic hydroxyl groups excluding tert-OH is 1. The molecule has 1 aromatic rings. The normalized spacial score (nSPS) is 28.3. The van der Waals surface area contributed by atoms with Gasteiger partial charge in [0, 0.05) is 42.9 Å². The smallest absolute Gasteiger partial charge is 0.310 e. The number of fused-ring (bicyclic) bond motifs is 1. The molecular weight excluding hydrogens is 478 g/mol. The number of benzene rings is 1. The van der Waals surface area contributed by atoms with Gasteiger partial charge in [0.1, 0.15) is 6.04 Å². The lowest BCUT2D eigenvalue weighted by atomic mass is 9.71. The molecule has 2 N–H and O–H groups in total. The number of nitrogens with zero attached hydrogens (tertiary/aromatic N) is 2. The first-order valence-electron chi connectivity index (χ1n) is 13.3. The molecule has 0 radical (unpaired) electrons. The van der Waals surface area contributed by atoms with E-state index in [2.05, 4.69) is 24.1 Å². The van der Waals surface area contributed by atoms with Crippen LogP contribution in [-0.4, -0.2) is 76.7 Å². The van der Waals surface area contributed by atoms with Gasteiger partial charge in [0.2, 0.25) is 11.8 Å². The summed E-state index contributed by atoms with van der Waals surface area (Å²) in [6, 6.07) is 7.18. The van der Waals surface area contributed by atoms with Crippen LogP contribution in [0.25, 0.3) is 0 Å². The van der Waals surface area contributed by atoms with Crippen LogP contribution in [0, 0.1) is 11.8 Å². The van der Waals surface area contributed by atoms with E-state index in [0.717, 1.165) is 38.0 Å². The van der Waals surface area contributed by atoms with E-state index >= 15 is 0 Å². The average molecular weight is 518 g/mol. The van der Waals surface area contributed by atoms with Gasteiger partial charge in [-0.25, -0.2) is 0 Å². The predicted molar refractivity (Wildman–Crippen MR) is 142 cm³/mol. The molecule has 1 aromatic carbocycles. The second-order valence-electron chi connectivity index (χ2n) is 9.83. The van der Waals surface area contributed by atoms with E-state index in [4.69, 9.17) is 9.84 Å². The first kappa shape index (κ1) is 26.8. The highest BCUT2D eigenvalue weighted by atomic mass is 32.2. The summed E-state index contributed by atoms with van der Waals surface area (Å²) in [5, 5.41) is 12.2. The largest absolute Gasteiger partial charge is 0.466 e. The summed E-state index contributed by atoms with van der Waals surface area (Å²) in [6.45, 7) is 8.63. The lowest BCUT2D eigenvalue weighted by Gasteiger charge is -2.34. The van der Waals surface area contributed by atoms with E-state index in [0.29, 0.717) is 25.1 Å². The molecule has 2 amide bonds. The molecule has 3 aliphatic heterocycles. The molecular formula is C27H39N3O5S. The average Bonchev–Trinajstić information content (AvgIpc) is 3.51. The van der Waals surface area contributed by atoms with Crippen molar-refractivity contribution in [3.63, 3.8) is 0 Å². The van der Waals surface area contributed by atoms with Crippen LogP contribution in [0.3, 0.4) is 0 Å². The molecule has 0 aromatic heterocycles. The lowest BCUT2D eigenvalue weighted by molar-refractivity contribution is -0.153. The van der Waals surface area contributed by atoms with Crippen LogP contribution in [-0.2, 0) is 19.1 Å². The van der Waals surface area contributed by atoms with Crippen LogP contribution in [0.5, 0.6) is 0 Å². The van der Waals surface area contributed by atoms with Crippen molar-refractivity contribution in [2.75, 3.05) is 43.1 Å². The van der Waals surface area contributed by atoms with Gasteiger partial charge in [-0.15, -0.1) is 11.8 Å². The summed E-state index contributed by atoms with van der Waals surface area (Å²) in [5.41, 5.74) is 1.79. The van der Waals surface area contributed by atoms with E-state index in [1.807, 2.05) is 24.3 Å². The van der Waals surface area contributed by atoms with E-state index in [9.17, 15) is 14.4 Å². The van der Waals surface area contributed by atoms with Crippen molar-refractivity contribution in [3.05, 3.63) is 24.3 Å². The standard InChI is InChI=1S/C27H39N3O5S/c1-4-29(5-2)19-12-10-18(11-13-19)28-24(32)23-27-15-14-20(36-27)21(26(34)35-6-3)22(27)25(33)30(23)16-8-7-9-17-31/h10-13,20-23,31H,4-9,14-17H2,1-3H3,(H,28,32)/t20-,21+,22-,23?,27?/m0/s1. The number of thioether (sulfide) groups is 1. The molecule has 3 saturated heterocycles. The zero-order chi connectivity index (χ0) is 25.9. The van der Waals surface area contributed by atoms with Crippen molar-refractivity contribution in [2.24, 2.45) is 11.8 Å². The number of nitrogens with one attached hydrogen (secondary N) is 1. The third-order valence-corrected chi connectivity index (χ3v) is 9.88. The predicted octanol–water partition coefficient (Wildman–Crippen LogP) is 3.29. The van der Waals surface area contributed by atoms with Crippen molar-refractivity contribution in [3.8, 4) is 0 Å². The van der Waals surface area contributed by atoms with Gasteiger partial charge in [0.25, 0.3) is 0 Å². The minimum atomic E-state index is -0.638. The zero-order valence-electron chi connectivity index (χ0n) is 21.6. The number of aliphatic hydroxyl groups is 1. The van der Waals surface area contributed by atoms with Crippen molar-refractivity contribution in [1.82, 2.24) is 4.90 Å². The first-order valence-corrected chi connectivity index (χ1v) is 14.2. The molecule has 3 aliphatic rings. The fourth-order valence-electron chi connectivity index (χ4n) is 6.33. The second-order valence-corrected chi connectivity index (χ2v) is 11.4. The lowest BCUT2D eigenvalue weighted by Crippen LogP contribution is -2.51. The number of rotatable bonds is 12. The third-order valence-electron chi connectivity index (χ3n) is 7.93. The number of carbonyl (C=O) groups is 3. The molecule has 5 atom stereocenters. The Kier molecular flexibility index (Phi) is 8.50. The number of likely N-dealkylation sites (tertiary alicyclic amines) is 1. The minimum Gasteiger partial charge on any atom is -0.466 e. The van der Waals surface area contributed by atoms with E-state index in [1.165, 1.54) is 0 Å². The molecule has 0 saturated carbocycles. The van der Waals surface area contributed by atoms with Gasteiger partial charge in [0.05, 0.1) is 23.2 Å². The number of carbonyl (C=O) groups excluding carboxylic acids is 3. The van der Waals surface area contributed by atoms with Gasteiger partial charge in [-0.3, -0.25) is 14.4 Å². The molecule has 2 unspecified atom stereocenters. The Hall–Kier alpha value is -2.26. The Balaban J connectivity index is 1.59. The number of hydrogen-bond acceptors (Lipinski definition) is 7. The Morgan fingerprint density at radius 3 is 2.53 bits per heavy atom. The molecule has 3 fully saturated rings. The van der Waals surface area contributed by atoms with Crippen LogP contribution in [0.1, 0.15) is 52.9 Å². The van der Waals surface area contributed by atoms with Gasteiger partial charge < -0.3 is 25.0 Å². The highest BCUT2D eigenvalue weighted by Gasteiger charge is 2.73. The summed E-state index contributed by atoms with van der Waals surface area (Å²) in [6.07, 6.45) is 3.68. The Morgan fingerprint density at radius 1 is 1.17 bits per heavy atom. The molecule has 4 rings (SSSR count). The van der Waals surface area contributed by atoms with Crippen LogP contribution in [0.4, 0.5) is 11.4 Å². The molecule has 9 heteroatoms. The zero-order valence-corrected chi connectivity index (χ0v) is 22.4. The van der Waals surface area contributed by atoms with E-state index in [1.54, 1.807) is 23.6 Å². The summed E-state index contributed by atoms with van der Waals surface area (Å²) >= 11 is 1.65. The van der Waals surface area contributed by atoms with Crippen LogP contribution in [0.2, 0.25) is 0 Å². The fourth-order valence-corrected chi connectivity index (χ4v) is 8.53. The molecule has 0 aliphatic carbocycles. The summed E-state index contributed by atoms with van der Waals surface area (Å²) in [5.74, 6) is -1.64. The quantitative estimate of drug-likeness (QED) is 0.324. The molecule has 3 heterocycles. The van der Waals surface area contributed by atoms with Gasteiger partial charge in [0.15, 0.2) is 0 Å². The maximum atomic E-state index is 13.8. The molecule has 1 spiro atoms. The minimum absolute atomic E-state index is 0.0122. The maximum Gasteiger partial charge on any atom is 0.310 e. The number of amides is 2. The third kappa shape index (κ3) is 4.72. The van der Waals surface area contributed by atoms with Gasteiger partial charge >= 0.3 is 5.97 Å². The number of esters is 1. The molecule has 198 valence electrons. The SMILES string of the molecule is CCOC(=O)[C@@H]1[C@@H]2CCC3(S2)C(C(=O)Nc2ccc(N(CC)CC)cc2)N(CCCCCO)C(=O)[C@H]13. The van der Waals surface area contributed by atoms with E-state index in [-0.39, 0.29) is 36.2 Å². The van der Waals surface area contributed by atoms with E-state index < -0.39 is 22.6 Å². The Morgan fingerprint density at radius 2 is 1.89 bits per heavy atom. The first-order chi connectivity index (χ1) is 17.4. The summed E-state index contributed by atoms with van der Waals surface area (Å²) < 4.78 is 4.76. The van der Waals surface area contributed by atoms with Crippen molar-refractivity contribution < 1.29 is 24.2 Å². The second kappa shape index (κ2) is 11.4. The summed E-state index contributed by atoms with van der Waals surface area (Å²) in [4.78, 5) is 44.5. The van der Waals surface area contributed by atoms with Crippen molar-refractivity contribution in [2.45, 2.75) is 68.9 Å². The number of hydrogen-bond donors (Lipinski definition) is 2. The molecule has 36 heavy (non-hydrogen) atoms. The number of unbranched alkanes of at least 4 members (excludes halogenated alkanes) is 2. The van der Waals surface area contributed by atoms with Gasteiger partial charge in [-0.2, -0.15) is 0 Å². The Labute approximate surface area is 218 Å². The highest BCUT2D eigenvalue weighted by Crippen LogP contribution is 2.66. The van der Waals surface area contributed by atoms with Crippen molar-refractivity contribution in [1.29, 1.82) is 0 Å².